The van der Waals surface area contributed by atoms with Gasteiger partial charge in [-0.05, 0) is 61.7 Å². The topological polar surface area (TPSA) is 43.8 Å². The lowest BCUT2D eigenvalue weighted by molar-refractivity contribution is 0.891. The van der Waals surface area contributed by atoms with Crippen molar-refractivity contribution in [1.82, 2.24) is 9.55 Å². The first-order chi connectivity index (χ1) is 10.1. The fourth-order valence-corrected chi connectivity index (χ4v) is 3.33. The third kappa shape index (κ3) is 2.14. The van der Waals surface area contributed by atoms with Gasteiger partial charge in [0, 0.05) is 16.1 Å². The number of hydrogen-bond donors (Lipinski definition) is 1. The lowest BCUT2D eigenvalue weighted by atomic mass is 10.2. The van der Waals surface area contributed by atoms with Gasteiger partial charge in [-0.2, -0.15) is 0 Å². The molecule has 1 fully saturated rings. The van der Waals surface area contributed by atoms with Crippen molar-refractivity contribution >= 4 is 32.7 Å². The molecule has 0 spiro atoms. The van der Waals surface area contributed by atoms with Crippen LogP contribution in [0.1, 0.15) is 30.1 Å². The molecule has 1 saturated carbocycles. The molecule has 1 aliphatic carbocycles. The molecule has 0 saturated heterocycles. The SMILES string of the molecule is Cc1cc(Br)ccc1-n1c(C2CC2)nc2cc(N)ccc21. The Labute approximate surface area is 131 Å². The van der Waals surface area contributed by atoms with Crippen LogP contribution < -0.4 is 5.73 Å². The van der Waals surface area contributed by atoms with Gasteiger partial charge in [0.25, 0.3) is 0 Å². The third-order valence-electron chi connectivity index (χ3n) is 4.05. The minimum atomic E-state index is 0.585. The van der Waals surface area contributed by atoms with Crippen LogP contribution in [0.3, 0.4) is 0 Å². The highest BCUT2D eigenvalue weighted by atomic mass is 79.9. The van der Waals surface area contributed by atoms with Gasteiger partial charge in [-0.15, -0.1) is 0 Å². The average Bonchev–Trinajstić information content (AvgIpc) is 3.21. The van der Waals surface area contributed by atoms with Crippen molar-refractivity contribution in [1.29, 1.82) is 0 Å². The summed E-state index contributed by atoms with van der Waals surface area (Å²) < 4.78 is 3.40. The monoisotopic (exact) mass is 341 g/mol. The van der Waals surface area contributed by atoms with Crippen LogP contribution in [0.2, 0.25) is 0 Å². The smallest absolute Gasteiger partial charge is 0.117 e. The van der Waals surface area contributed by atoms with Crippen molar-refractivity contribution < 1.29 is 0 Å². The van der Waals surface area contributed by atoms with Gasteiger partial charge >= 0.3 is 0 Å². The number of rotatable bonds is 2. The van der Waals surface area contributed by atoms with Crippen LogP contribution in [0.25, 0.3) is 16.7 Å². The Morgan fingerprint density at radius 1 is 1.19 bits per heavy atom. The molecule has 0 amide bonds. The molecule has 4 rings (SSSR count). The largest absolute Gasteiger partial charge is 0.399 e. The molecular weight excluding hydrogens is 326 g/mol. The Morgan fingerprint density at radius 3 is 2.71 bits per heavy atom. The van der Waals surface area contributed by atoms with Crippen molar-refractivity contribution in [2.45, 2.75) is 25.7 Å². The molecular formula is C17H16BrN3. The van der Waals surface area contributed by atoms with E-state index >= 15 is 0 Å². The highest BCUT2D eigenvalue weighted by molar-refractivity contribution is 9.10. The molecule has 4 heteroatoms. The number of aryl methyl sites for hydroxylation is 1. The van der Waals surface area contributed by atoms with E-state index in [1.807, 2.05) is 12.1 Å². The number of fused-ring (bicyclic) bond motifs is 1. The number of imidazole rings is 1. The Bertz CT molecular complexity index is 847. The molecule has 1 aliphatic rings. The van der Waals surface area contributed by atoms with Crippen molar-refractivity contribution in [3.05, 3.63) is 52.3 Å². The van der Waals surface area contributed by atoms with Crippen LogP contribution in [0.4, 0.5) is 5.69 Å². The minimum absolute atomic E-state index is 0.585. The van der Waals surface area contributed by atoms with Crippen LogP contribution in [0.5, 0.6) is 0 Å². The van der Waals surface area contributed by atoms with E-state index in [9.17, 15) is 0 Å². The molecule has 0 unspecified atom stereocenters. The minimum Gasteiger partial charge on any atom is -0.399 e. The molecule has 1 heterocycles. The third-order valence-corrected chi connectivity index (χ3v) is 4.54. The predicted octanol–water partition coefficient (Wildman–Crippen LogP) is 4.56. The van der Waals surface area contributed by atoms with Gasteiger partial charge in [-0.1, -0.05) is 15.9 Å². The molecule has 2 aromatic carbocycles. The van der Waals surface area contributed by atoms with Gasteiger partial charge < -0.3 is 5.73 Å². The average molecular weight is 342 g/mol. The zero-order valence-corrected chi connectivity index (χ0v) is 13.4. The fourth-order valence-electron chi connectivity index (χ4n) is 2.85. The summed E-state index contributed by atoms with van der Waals surface area (Å²) in [7, 11) is 0. The lowest BCUT2D eigenvalue weighted by Crippen LogP contribution is -2.02. The Morgan fingerprint density at radius 2 is 2.00 bits per heavy atom. The molecule has 0 aliphatic heterocycles. The van der Waals surface area contributed by atoms with Crippen molar-refractivity contribution in [2.75, 3.05) is 5.73 Å². The molecule has 0 radical (unpaired) electrons. The summed E-state index contributed by atoms with van der Waals surface area (Å²) in [5.41, 5.74) is 11.2. The molecule has 0 bridgehead atoms. The summed E-state index contributed by atoms with van der Waals surface area (Å²) in [6.45, 7) is 2.14. The first kappa shape index (κ1) is 12.9. The lowest BCUT2D eigenvalue weighted by Gasteiger charge is -2.12. The predicted molar refractivity (Wildman–Crippen MR) is 89.9 cm³/mol. The number of hydrogen-bond acceptors (Lipinski definition) is 2. The van der Waals surface area contributed by atoms with Crippen LogP contribution in [-0.2, 0) is 0 Å². The summed E-state index contributed by atoms with van der Waals surface area (Å²) >= 11 is 3.54. The molecule has 2 N–H and O–H groups in total. The number of nitrogen functional groups attached to an aromatic ring is 1. The van der Waals surface area contributed by atoms with Gasteiger partial charge in [0.1, 0.15) is 5.82 Å². The number of nitrogens with two attached hydrogens (primary N) is 1. The molecule has 3 nitrogen and oxygen atoms in total. The number of anilines is 1. The summed E-state index contributed by atoms with van der Waals surface area (Å²) in [6, 6.07) is 12.4. The van der Waals surface area contributed by atoms with Gasteiger partial charge in [-0.25, -0.2) is 4.98 Å². The van der Waals surface area contributed by atoms with E-state index in [-0.39, 0.29) is 0 Å². The number of nitrogens with zero attached hydrogens (tertiary/aromatic N) is 2. The van der Waals surface area contributed by atoms with E-state index in [0.717, 1.165) is 21.2 Å². The van der Waals surface area contributed by atoms with Crippen LogP contribution >= 0.6 is 15.9 Å². The maximum absolute atomic E-state index is 5.91. The maximum atomic E-state index is 5.91. The van der Waals surface area contributed by atoms with Crippen molar-refractivity contribution in [3.8, 4) is 5.69 Å². The maximum Gasteiger partial charge on any atom is 0.117 e. The second-order valence-corrected chi connectivity index (χ2v) is 6.67. The van der Waals surface area contributed by atoms with E-state index in [0.29, 0.717) is 5.92 Å². The molecule has 0 atom stereocenters. The van der Waals surface area contributed by atoms with E-state index < -0.39 is 0 Å². The standard InChI is InChI=1S/C17H16BrN3/c1-10-8-12(18)4-6-15(10)21-16-7-5-13(19)9-14(16)20-17(21)11-2-3-11/h4-9,11H,2-3,19H2,1H3. The summed E-state index contributed by atoms with van der Waals surface area (Å²) in [6.07, 6.45) is 2.46. The van der Waals surface area contributed by atoms with Gasteiger partial charge in [0.15, 0.2) is 0 Å². The van der Waals surface area contributed by atoms with E-state index in [1.165, 1.54) is 29.9 Å². The molecule has 3 aromatic rings. The quantitative estimate of drug-likeness (QED) is 0.694. The molecule has 1 aromatic heterocycles. The fraction of sp³-hybridized carbons (Fsp3) is 0.235. The molecule has 21 heavy (non-hydrogen) atoms. The van der Waals surface area contributed by atoms with Crippen molar-refractivity contribution in [3.63, 3.8) is 0 Å². The van der Waals surface area contributed by atoms with Gasteiger partial charge in [0.2, 0.25) is 0 Å². The Kier molecular flexibility index (Phi) is 2.82. The van der Waals surface area contributed by atoms with E-state index in [4.69, 9.17) is 10.7 Å². The molecule has 106 valence electrons. The van der Waals surface area contributed by atoms with Crippen molar-refractivity contribution in [2.24, 2.45) is 0 Å². The first-order valence-electron chi connectivity index (χ1n) is 7.18. The zero-order valence-electron chi connectivity index (χ0n) is 11.8. The van der Waals surface area contributed by atoms with E-state index in [2.05, 4.69) is 51.7 Å². The van der Waals surface area contributed by atoms with Crippen LogP contribution in [0.15, 0.2) is 40.9 Å². The summed E-state index contributed by atoms with van der Waals surface area (Å²) in [5.74, 6) is 1.75. The second-order valence-electron chi connectivity index (χ2n) is 5.76. The van der Waals surface area contributed by atoms with E-state index in [1.54, 1.807) is 0 Å². The Balaban J connectivity index is 2.03. The second kappa shape index (κ2) is 4.60. The van der Waals surface area contributed by atoms with Crippen LogP contribution in [0, 0.1) is 6.92 Å². The summed E-state index contributed by atoms with van der Waals surface area (Å²) in [4.78, 5) is 4.85. The summed E-state index contributed by atoms with van der Waals surface area (Å²) in [5, 5.41) is 0. The zero-order chi connectivity index (χ0) is 14.6. The van der Waals surface area contributed by atoms with Gasteiger partial charge in [-0.3, -0.25) is 4.57 Å². The van der Waals surface area contributed by atoms with Gasteiger partial charge in [0.05, 0.1) is 16.7 Å². The number of halogens is 1. The number of aromatic nitrogens is 2. The van der Waals surface area contributed by atoms with Crippen LogP contribution in [-0.4, -0.2) is 9.55 Å². The normalized spacial score (nSPS) is 14.8. The first-order valence-corrected chi connectivity index (χ1v) is 7.97. The number of benzene rings is 2. The Hall–Kier alpha value is -1.81. The highest BCUT2D eigenvalue weighted by Gasteiger charge is 2.30. The highest BCUT2D eigenvalue weighted by Crippen LogP contribution is 2.42.